The first-order valence-corrected chi connectivity index (χ1v) is 9.35. The van der Waals surface area contributed by atoms with Crippen LogP contribution in [0.25, 0.3) is 0 Å². The van der Waals surface area contributed by atoms with Crippen molar-refractivity contribution in [1.29, 1.82) is 0 Å². The lowest BCUT2D eigenvalue weighted by atomic mass is 10.1. The minimum absolute atomic E-state index is 0.0789. The summed E-state index contributed by atoms with van der Waals surface area (Å²) in [6.45, 7) is 0.776. The van der Waals surface area contributed by atoms with Gasteiger partial charge in [-0.25, -0.2) is 0 Å². The fourth-order valence-corrected chi connectivity index (χ4v) is 3.55. The van der Waals surface area contributed by atoms with Crippen molar-refractivity contribution in [3.05, 3.63) is 52.5 Å². The molecule has 0 saturated carbocycles. The molecule has 2 aromatic rings. The van der Waals surface area contributed by atoms with Crippen molar-refractivity contribution in [3.63, 3.8) is 0 Å². The maximum absolute atomic E-state index is 12.5. The average Bonchev–Trinajstić information content (AvgIpc) is 3.07. The molecule has 3 rings (SSSR count). The Morgan fingerprint density at radius 1 is 1.19 bits per heavy atom. The summed E-state index contributed by atoms with van der Waals surface area (Å²) in [7, 11) is 3.11. The maximum atomic E-state index is 12.5. The molecule has 1 atom stereocenters. The van der Waals surface area contributed by atoms with E-state index in [1.54, 1.807) is 37.3 Å². The normalized spacial score (nSPS) is 16.3. The van der Waals surface area contributed by atoms with Crippen molar-refractivity contribution < 1.29 is 19.1 Å². The van der Waals surface area contributed by atoms with E-state index in [-0.39, 0.29) is 24.2 Å². The van der Waals surface area contributed by atoms with Crippen molar-refractivity contribution >= 4 is 33.4 Å². The number of nitrogens with zero attached hydrogens (tertiary/aromatic N) is 1. The highest BCUT2D eigenvalue weighted by atomic mass is 79.9. The Morgan fingerprint density at radius 3 is 2.67 bits per heavy atom. The lowest BCUT2D eigenvalue weighted by Gasteiger charge is -2.18. The molecular weight excluding hydrogens is 412 g/mol. The van der Waals surface area contributed by atoms with Gasteiger partial charge in [-0.3, -0.25) is 9.59 Å². The summed E-state index contributed by atoms with van der Waals surface area (Å²) in [5.41, 5.74) is 1.69. The van der Waals surface area contributed by atoms with Crippen molar-refractivity contribution in [2.45, 2.75) is 13.0 Å². The molecule has 0 aromatic heterocycles. The van der Waals surface area contributed by atoms with Crippen LogP contribution in [0.15, 0.2) is 46.9 Å². The van der Waals surface area contributed by atoms with Crippen molar-refractivity contribution in [1.82, 2.24) is 5.32 Å². The Balaban J connectivity index is 1.65. The van der Waals surface area contributed by atoms with Gasteiger partial charge in [0.1, 0.15) is 0 Å². The minimum atomic E-state index is -0.377. The number of hydrogen-bond acceptors (Lipinski definition) is 4. The molecule has 27 heavy (non-hydrogen) atoms. The Morgan fingerprint density at radius 2 is 1.96 bits per heavy atom. The predicted molar refractivity (Wildman–Crippen MR) is 106 cm³/mol. The molecule has 1 aliphatic heterocycles. The fourth-order valence-electron chi connectivity index (χ4n) is 3.11. The highest BCUT2D eigenvalue weighted by molar-refractivity contribution is 9.10. The molecule has 1 aliphatic rings. The Labute approximate surface area is 166 Å². The molecule has 1 fully saturated rings. The van der Waals surface area contributed by atoms with Crippen LogP contribution in [0.4, 0.5) is 5.69 Å². The number of methoxy groups -OCH3 is 2. The molecule has 142 valence electrons. The van der Waals surface area contributed by atoms with Crippen LogP contribution in [-0.4, -0.2) is 32.6 Å². The highest BCUT2D eigenvalue weighted by Crippen LogP contribution is 2.34. The standard InChI is InChI=1S/C20H21BrN2O4/c1-26-17-7-6-16(10-18(17)27-2)23-12-14(9-19(23)24)20(25)22-11-13-4-3-5-15(21)8-13/h3-8,10,14H,9,11-12H2,1-2H3,(H,22,25). The number of amides is 2. The summed E-state index contributed by atoms with van der Waals surface area (Å²) in [6, 6.07) is 13.0. The number of anilines is 1. The molecule has 2 aromatic carbocycles. The van der Waals surface area contributed by atoms with Crippen LogP contribution >= 0.6 is 15.9 Å². The summed E-state index contributed by atoms with van der Waals surface area (Å²) >= 11 is 3.42. The first-order valence-electron chi connectivity index (χ1n) is 8.56. The number of carbonyl (C=O) groups is 2. The molecule has 2 amide bonds. The van der Waals surface area contributed by atoms with Crippen LogP contribution < -0.4 is 19.7 Å². The average molecular weight is 433 g/mol. The van der Waals surface area contributed by atoms with E-state index in [4.69, 9.17) is 9.47 Å². The van der Waals surface area contributed by atoms with Gasteiger partial charge in [-0.1, -0.05) is 28.1 Å². The van der Waals surface area contributed by atoms with Gasteiger partial charge in [-0.15, -0.1) is 0 Å². The second-order valence-corrected chi connectivity index (χ2v) is 7.21. The van der Waals surface area contributed by atoms with E-state index in [9.17, 15) is 9.59 Å². The molecule has 0 bridgehead atoms. The summed E-state index contributed by atoms with van der Waals surface area (Å²) in [6.07, 6.45) is 0.193. The number of benzene rings is 2. The third-order valence-electron chi connectivity index (χ3n) is 4.53. The molecule has 7 heteroatoms. The molecule has 0 radical (unpaired) electrons. The van der Waals surface area contributed by atoms with Gasteiger partial charge in [-0.05, 0) is 29.8 Å². The van der Waals surface area contributed by atoms with Crippen LogP contribution in [0.5, 0.6) is 11.5 Å². The van der Waals surface area contributed by atoms with Crippen LogP contribution in [0.1, 0.15) is 12.0 Å². The first kappa shape index (κ1) is 19.2. The maximum Gasteiger partial charge on any atom is 0.227 e. The summed E-state index contributed by atoms with van der Waals surface area (Å²) in [5, 5.41) is 2.92. The van der Waals surface area contributed by atoms with Crippen molar-refractivity contribution in [2.24, 2.45) is 5.92 Å². The zero-order chi connectivity index (χ0) is 19.4. The molecule has 1 saturated heterocycles. The van der Waals surface area contributed by atoms with E-state index >= 15 is 0 Å². The second-order valence-electron chi connectivity index (χ2n) is 6.29. The summed E-state index contributed by atoms with van der Waals surface area (Å²) in [4.78, 5) is 26.5. The summed E-state index contributed by atoms with van der Waals surface area (Å²) in [5.74, 6) is 0.565. The SMILES string of the molecule is COc1ccc(N2CC(C(=O)NCc3cccc(Br)c3)CC2=O)cc1OC. The van der Waals surface area contributed by atoms with Gasteiger partial charge in [0.15, 0.2) is 11.5 Å². The van der Waals surface area contributed by atoms with Crippen molar-refractivity contribution in [3.8, 4) is 11.5 Å². The predicted octanol–water partition coefficient (Wildman–Crippen LogP) is 3.14. The van der Waals surface area contributed by atoms with Gasteiger partial charge in [-0.2, -0.15) is 0 Å². The van der Waals surface area contributed by atoms with Gasteiger partial charge in [0.25, 0.3) is 0 Å². The van der Waals surface area contributed by atoms with Gasteiger partial charge in [0.05, 0.1) is 20.1 Å². The van der Waals surface area contributed by atoms with E-state index in [0.29, 0.717) is 30.3 Å². The third kappa shape index (κ3) is 4.42. The lowest BCUT2D eigenvalue weighted by molar-refractivity contribution is -0.126. The van der Waals surface area contributed by atoms with Crippen LogP contribution in [0.2, 0.25) is 0 Å². The zero-order valence-corrected chi connectivity index (χ0v) is 16.8. The van der Waals surface area contributed by atoms with E-state index in [1.807, 2.05) is 24.3 Å². The van der Waals surface area contributed by atoms with Gasteiger partial charge < -0.3 is 19.7 Å². The topological polar surface area (TPSA) is 67.9 Å². The third-order valence-corrected chi connectivity index (χ3v) is 5.02. The van der Waals surface area contributed by atoms with E-state index in [1.165, 1.54) is 0 Å². The lowest BCUT2D eigenvalue weighted by Crippen LogP contribution is -2.32. The molecule has 1 unspecified atom stereocenters. The monoisotopic (exact) mass is 432 g/mol. The summed E-state index contributed by atoms with van der Waals surface area (Å²) < 4.78 is 11.5. The quantitative estimate of drug-likeness (QED) is 0.760. The molecular formula is C20H21BrN2O4. The largest absolute Gasteiger partial charge is 0.493 e. The zero-order valence-electron chi connectivity index (χ0n) is 15.2. The number of ether oxygens (including phenoxy) is 2. The van der Waals surface area contributed by atoms with Crippen LogP contribution in [0, 0.1) is 5.92 Å². The molecule has 1 N–H and O–H groups in total. The van der Waals surface area contributed by atoms with E-state index in [2.05, 4.69) is 21.2 Å². The van der Waals surface area contributed by atoms with Gasteiger partial charge in [0, 0.05) is 35.7 Å². The van der Waals surface area contributed by atoms with Crippen LogP contribution in [0.3, 0.4) is 0 Å². The Bertz CT molecular complexity index is 856. The number of rotatable bonds is 6. The molecule has 6 nitrogen and oxygen atoms in total. The van der Waals surface area contributed by atoms with E-state index in [0.717, 1.165) is 10.0 Å². The number of nitrogens with one attached hydrogen (secondary N) is 1. The van der Waals surface area contributed by atoms with Crippen molar-refractivity contribution in [2.75, 3.05) is 25.7 Å². The van der Waals surface area contributed by atoms with E-state index < -0.39 is 0 Å². The number of carbonyl (C=O) groups excluding carboxylic acids is 2. The van der Waals surface area contributed by atoms with Gasteiger partial charge in [0.2, 0.25) is 11.8 Å². The Kier molecular flexibility index (Phi) is 6.01. The smallest absolute Gasteiger partial charge is 0.227 e. The minimum Gasteiger partial charge on any atom is -0.493 e. The Hall–Kier alpha value is -2.54. The first-order chi connectivity index (χ1) is 13.0. The number of halogens is 1. The molecule has 0 spiro atoms. The molecule has 0 aliphatic carbocycles. The highest BCUT2D eigenvalue weighted by Gasteiger charge is 2.35. The number of hydrogen-bond donors (Lipinski definition) is 1. The molecule has 1 heterocycles. The van der Waals surface area contributed by atoms with Crippen LogP contribution in [-0.2, 0) is 16.1 Å². The fraction of sp³-hybridized carbons (Fsp3) is 0.300. The van der Waals surface area contributed by atoms with Gasteiger partial charge >= 0.3 is 0 Å². The second kappa shape index (κ2) is 8.43.